The Morgan fingerprint density at radius 2 is 2.00 bits per heavy atom. The van der Waals surface area contributed by atoms with Crippen LogP contribution in [0.1, 0.15) is 20.9 Å². The molecule has 1 amide bonds. The minimum Gasteiger partial charge on any atom is -0.478 e. The van der Waals surface area contributed by atoms with Crippen LogP contribution in [0.2, 0.25) is 0 Å². The molecule has 6 nitrogen and oxygen atoms in total. The van der Waals surface area contributed by atoms with E-state index in [0.29, 0.717) is 6.54 Å². The summed E-state index contributed by atoms with van der Waals surface area (Å²) in [5.74, 6) is -0.786. The van der Waals surface area contributed by atoms with Crippen molar-refractivity contribution >= 4 is 35.0 Å². The van der Waals surface area contributed by atoms with Gasteiger partial charge in [0.05, 0.1) is 11.3 Å². The Balaban J connectivity index is 1.77. The minimum atomic E-state index is -0.964. The number of carboxylic acid groups (broad SMARTS) is 1. The second-order valence-electron chi connectivity index (χ2n) is 4.15. The van der Waals surface area contributed by atoms with Crippen LogP contribution in [0.15, 0.2) is 28.6 Å². The molecule has 0 unspecified atom stereocenters. The zero-order valence-electron chi connectivity index (χ0n) is 11.2. The number of aryl methyl sites for hydroxylation is 1. The number of amides is 1. The van der Waals surface area contributed by atoms with Crippen molar-refractivity contribution in [2.45, 2.75) is 17.8 Å². The fraction of sp³-hybridized carbons (Fsp3) is 0.231. The van der Waals surface area contributed by atoms with Crippen LogP contribution in [0, 0.1) is 6.92 Å². The van der Waals surface area contributed by atoms with Gasteiger partial charge in [0, 0.05) is 6.54 Å². The van der Waals surface area contributed by atoms with E-state index in [9.17, 15) is 9.59 Å². The first kappa shape index (κ1) is 15.5. The largest absolute Gasteiger partial charge is 0.478 e. The highest BCUT2D eigenvalue weighted by atomic mass is 32.2. The van der Waals surface area contributed by atoms with Gasteiger partial charge in [0.1, 0.15) is 5.01 Å². The molecule has 2 rings (SSSR count). The molecule has 1 heterocycles. The summed E-state index contributed by atoms with van der Waals surface area (Å²) < 4.78 is 0.772. The highest BCUT2D eigenvalue weighted by Gasteiger charge is 2.07. The number of nitrogens with one attached hydrogen (secondary N) is 1. The van der Waals surface area contributed by atoms with Gasteiger partial charge in [0.15, 0.2) is 4.34 Å². The van der Waals surface area contributed by atoms with Gasteiger partial charge in [-0.2, -0.15) is 0 Å². The highest BCUT2D eigenvalue weighted by Crippen LogP contribution is 2.21. The molecular formula is C13H13N3O3S2. The smallest absolute Gasteiger partial charge is 0.335 e. The molecule has 2 aromatic rings. The number of carbonyl (C=O) groups is 2. The predicted molar refractivity (Wildman–Crippen MR) is 80.6 cm³/mol. The maximum atomic E-state index is 11.7. The number of aromatic carboxylic acids is 1. The van der Waals surface area contributed by atoms with Gasteiger partial charge in [-0.25, -0.2) is 4.79 Å². The van der Waals surface area contributed by atoms with E-state index in [2.05, 4.69) is 15.5 Å². The molecule has 0 aliphatic carbocycles. The highest BCUT2D eigenvalue weighted by molar-refractivity contribution is 8.01. The van der Waals surface area contributed by atoms with Gasteiger partial charge in [-0.15, -0.1) is 10.2 Å². The molecule has 0 spiro atoms. The summed E-state index contributed by atoms with van der Waals surface area (Å²) in [5, 5.41) is 20.2. The van der Waals surface area contributed by atoms with Crippen LogP contribution in [0.3, 0.4) is 0 Å². The lowest BCUT2D eigenvalue weighted by Crippen LogP contribution is -2.24. The van der Waals surface area contributed by atoms with E-state index in [-0.39, 0.29) is 17.2 Å². The van der Waals surface area contributed by atoms with E-state index in [1.165, 1.54) is 35.2 Å². The monoisotopic (exact) mass is 323 g/mol. The summed E-state index contributed by atoms with van der Waals surface area (Å²) in [7, 11) is 0. The third kappa shape index (κ3) is 4.83. The lowest BCUT2D eigenvalue weighted by Gasteiger charge is -2.04. The Kier molecular flexibility index (Phi) is 5.29. The first-order valence-electron chi connectivity index (χ1n) is 6.06. The van der Waals surface area contributed by atoms with E-state index < -0.39 is 5.97 Å². The summed E-state index contributed by atoms with van der Waals surface area (Å²) in [5.41, 5.74) is 1.08. The van der Waals surface area contributed by atoms with Gasteiger partial charge >= 0.3 is 5.97 Å². The maximum Gasteiger partial charge on any atom is 0.335 e. The standard InChI is InChI=1S/C13H13N3O3S2/c1-8-15-16-13(21-8)20-7-11(17)14-6-9-2-4-10(5-3-9)12(18)19/h2-5H,6-7H2,1H3,(H,14,17)(H,18,19). The van der Waals surface area contributed by atoms with Crippen molar-refractivity contribution < 1.29 is 14.7 Å². The van der Waals surface area contributed by atoms with Crippen LogP contribution in [0.4, 0.5) is 0 Å². The number of hydrogen-bond donors (Lipinski definition) is 2. The third-order valence-corrected chi connectivity index (χ3v) is 4.50. The van der Waals surface area contributed by atoms with Crippen molar-refractivity contribution in [3.8, 4) is 0 Å². The summed E-state index contributed by atoms with van der Waals surface area (Å²) in [6.45, 7) is 2.23. The SMILES string of the molecule is Cc1nnc(SCC(=O)NCc2ccc(C(=O)O)cc2)s1. The molecule has 0 fully saturated rings. The number of thioether (sulfide) groups is 1. The topological polar surface area (TPSA) is 92.2 Å². The molecular weight excluding hydrogens is 310 g/mol. The summed E-state index contributed by atoms with van der Waals surface area (Å²) in [4.78, 5) is 22.4. The van der Waals surface area contributed by atoms with Gasteiger partial charge in [0.25, 0.3) is 0 Å². The number of nitrogens with zero attached hydrogens (tertiary/aromatic N) is 2. The van der Waals surface area contributed by atoms with Crippen LogP contribution in [0.25, 0.3) is 0 Å². The Labute approximate surface area is 129 Å². The molecule has 0 bridgehead atoms. The zero-order valence-corrected chi connectivity index (χ0v) is 12.8. The number of rotatable bonds is 6. The number of benzene rings is 1. The van der Waals surface area contributed by atoms with Gasteiger partial charge in [-0.05, 0) is 24.6 Å². The van der Waals surface area contributed by atoms with Crippen molar-refractivity contribution in [1.82, 2.24) is 15.5 Å². The number of aromatic nitrogens is 2. The van der Waals surface area contributed by atoms with Crippen LogP contribution in [-0.4, -0.2) is 32.9 Å². The summed E-state index contributed by atoms with van der Waals surface area (Å²) in [6, 6.07) is 6.40. The molecule has 110 valence electrons. The van der Waals surface area contributed by atoms with Crippen LogP contribution in [0.5, 0.6) is 0 Å². The van der Waals surface area contributed by atoms with Gasteiger partial charge < -0.3 is 10.4 Å². The zero-order chi connectivity index (χ0) is 15.2. The fourth-order valence-electron chi connectivity index (χ4n) is 1.48. The van der Waals surface area contributed by atoms with Crippen molar-refractivity contribution in [2.24, 2.45) is 0 Å². The normalized spacial score (nSPS) is 10.3. The Morgan fingerprint density at radius 1 is 1.29 bits per heavy atom. The van der Waals surface area contributed by atoms with Crippen LogP contribution >= 0.6 is 23.1 Å². The van der Waals surface area contributed by atoms with E-state index >= 15 is 0 Å². The Hall–Kier alpha value is -1.93. The lowest BCUT2D eigenvalue weighted by molar-refractivity contribution is -0.118. The summed E-state index contributed by atoms with van der Waals surface area (Å²) in [6.07, 6.45) is 0. The maximum absolute atomic E-state index is 11.7. The molecule has 0 radical (unpaired) electrons. The second-order valence-corrected chi connectivity index (χ2v) is 6.56. The third-order valence-electron chi connectivity index (χ3n) is 2.52. The average Bonchev–Trinajstić information content (AvgIpc) is 2.89. The first-order valence-corrected chi connectivity index (χ1v) is 7.86. The van der Waals surface area contributed by atoms with Crippen molar-refractivity contribution in [3.63, 3.8) is 0 Å². The molecule has 8 heteroatoms. The van der Waals surface area contributed by atoms with E-state index in [4.69, 9.17) is 5.11 Å². The molecule has 0 saturated heterocycles. The molecule has 1 aromatic carbocycles. The molecule has 1 aromatic heterocycles. The second kappa shape index (κ2) is 7.19. The Morgan fingerprint density at radius 3 is 2.57 bits per heavy atom. The number of hydrogen-bond acceptors (Lipinski definition) is 6. The lowest BCUT2D eigenvalue weighted by atomic mass is 10.1. The molecule has 2 N–H and O–H groups in total. The average molecular weight is 323 g/mol. The minimum absolute atomic E-state index is 0.102. The van der Waals surface area contributed by atoms with Gasteiger partial charge in [0.2, 0.25) is 5.91 Å². The quantitative estimate of drug-likeness (QED) is 0.790. The predicted octanol–water partition coefficient (Wildman–Crippen LogP) is 1.95. The van der Waals surface area contributed by atoms with Crippen LogP contribution in [-0.2, 0) is 11.3 Å². The first-order chi connectivity index (χ1) is 10.0. The van der Waals surface area contributed by atoms with E-state index in [1.807, 2.05) is 6.92 Å². The molecule has 0 atom stereocenters. The summed E-state index contributed by atoms with van der Waals surface area (Å²) >= 11 is 2.80. The number of carbonyl (C=O) groups excluding carboxylic acids is 1. The van der Waals surface area contributed by atoms with Crippen LogP contribution < -0.4 is 5.32 Å². The van der Waals surface area contributed by atoms with E-state index in [0.717, 1.165) is 14.9 Å². The van der Waals surface area contributed by atoms with Gasteiger partial charge in [-0.3, -0.25) is 4.79 Å². The molecule has 0 aliphatic rings. The van der Waals surface area contributed by atoms with Crippen molar-refractivity contribution in [3.05, 3.63) is 40.4 Å². The Bertz CT molecular complexity index is 640. The molecule has 0 saturated carbocycles. The molecule has 21 heavy (non-hydrogen) atoms. The van der Waals surface area contributed by atoms with Crippen molar-refractivity contribution in [1.29, 1.82) is 0 Å². The van der Waals surface area contributed by atoms with E-state index in [1.54, 1.807) is 12.1 Å². The van der Waals surface area contributed by atoms with Crippen molar-refractivity contribution in [2.75, 3.05) is 5.75 Å². The number of carboxylic acids is 1. The van der Waals surface area contributed by atoms with Gasteiger partial charge in [-0.1, -0.05) is 35.2 Å². The molecule has 0 aliphatic heterocycles. The fourth-order valence-corrected chi connectivity index (χ4v) is 3.13.